The third-order valence-corrected chi connectivity index (χ3v) is 3.75. The molecule has 0 aliphatic rings. The van der Waals surface area contributed by atoms with Crippen molar-refractivity contribution in [3.8, 4) is 0 Å². The van der Waals surface area contributed by atoms with Gasteiger partial charge in [0.05, 0.1) is 11.6 Å². The number of benzene rings is 1. The number of alkyl halides is 3. The lowest BCUT2D eigenvalue weighted by molar-refractivity contribution is -0.137. The van der Waals surface area contributed by atoms with Crippen LogP contribution in [-0.2, 0) is 17.4 Å². The molecule has 0 unspecified atom stereocenters. The Balaban J connectivity index is 1.99. The fraction of sp³-hybridized carbons (Fsp3) is 0.438. The van der Waals surface area contributed by atoms with Crippen molar-refractivity contribution >= 4 is 5.91 Å². The first kappa shape index (κ1) is 18.0. The van der Waals surface area contributed by atoms with Crippen molar-refractivity contribution in [2.75, 3.05) is 0 Å². The van der Waals surface area contributed by atoms with Crippen molar-refractivity contribution in [2.24, 2.45) is 5.92 Å². The van der Waals surface area contributed by atoms with Gasteiger partial charge < -0.3 is 9.84 Å². The lowest BCUT2D eigenvalue weighted by Crippen LogP contribution is -2.34. The van der Waals surface area contributed by atoms with E-state index in [2.05, 4.69) is 20.0 Å². The minimum Gasteiger partial charge on any atom is -0.346 e. The molecule has 1 aromatic heterocycles. The number of carbonyl (C=O) groups excluding carboxylic acids is 1. The predicted octanol–water partition coefficient (Wildman–Crippen LogP) is 3.53. The molecule has 0 aliphatic carbocycles. The molecule has 0 aliphatic heterocycles. The maximum atomic E-state index is 12.6. The van der Waals surface area contributed by atoms with Crippen LogP contribution in [0.3, 0.4) is 0 Å². The number of halogens is 3. The van der Waals surface area contributed by atoms with Gasteiger partial charge in [-0.25, -0.2) is 0 Å². The van der Waals surface area contributed by atoms with Gasteiger partial charge in [0.2, 0.25) is 12.3 Å². The zero-order chi connectivity index (χ0) is 17.7. The summed E-state index contributed by atoms with van der Waals surface area (Å²) in [6.45, 7) is 3.58. The van der Waals surface area contributed by atoms with Crippen LogP contribution in [0, 0.1) is 5.92 Å². The third-order valence-electron chi connectivity index (χ3n) is 3.75. The Morgan fingerprint density at radius 1 is 1.29 bits per heavy atom. The van der Waals surface area contributed by atoms with Crippen LogP contribution < -0.4 is 5.32 Å². The van der Waals surface area contributed by atoms with Gasteiger partial charge in [0.15, 0.2) is 5.82 Å². The Kier molecular flexibility index (Phi) is 5.58. The Morgan fingerprint density at radius 2 is 1.96 bits per heavy atom. The van der Waals surface area contributed by atoms with Gasteiger partial charge in [0.1, 0.15) is 0 Å². The molecule has 0 bridgehead atoms. The van der Waals surface area contributed by atoms with E-state index in [4.69, 9.17) is 0 Å². The maximum absolute atomic E-state index is 12.6. The first-order valence-electron chi connectivity index (χ1n) is 7.54. The van der Waals surface area contributed by atoms with Crippen LogP contribution in [0.2, 0.25) is 0 Å². The van der Waals surface area contributed by atoms with Crippen molar-refractivity contribution in [2.45, 2.75) is 38.9 Å². The molecular formula is C16H18F3N3O2. The van der Waals surface area contributed by atoms with Gasteiger partial charge in [-0.2, -0.15) is 18.2 Å². The van der Waals surface area contributed by atoms with Gasteiger partial charge in [0.25, 0.3) is 0 Å². The van der Waals surface area contributed by atoms with Gasteiger partial charge in [-0.3, -0.25) is 4.79 Å². The Bertz CT molecular complexity index is 654. The summed E-state index contributed by atoms with van der Waals surface area (Å²) in [6, 6.07) is 4.46. The molecule has 1 aromatic carbocycles. The highest BCUT2D eigenvalue weighted by Crippen LogP contribution is 2.29. The van der Waals surface area contributed by atoms with Crippen LogP contribution in [0.4, 0.5) is 13.2 Å². The molecule has 1 heterocycles. The van der Waals surface area contributed by atoms with Gasteiger partial charge in [-0.1, -0.05) is 24.2 Å². The summed E-state index contributed by atoms with van der Waals surface area (Å²) in [6.07, 6.45) is -2.26. The average Bonchev–Trinajstić information content (AvgIpc) is 3.06. The van der Waals surface area contributed by atoms with E-state index < -0.39 is 17.8 Å². The molecule has 130 valence electrons. The monoisotopic (exact) mass is 341 g/mol. The van der Waals surface area contributed by atoms with E-state index in [1.807, 2.05) is 6.92 Å². The fourth-order valence-corrected chi connectivity index (χ4v) is 2.30. The summed E-state index contributed by atoms with van der Waals surface area (Å²) >= 11 is 0. The second-order valence-corrected chi connectivity index (χ2v) is 5.52. The third kappa shape index (κ3) is 4.56. The minimum atomic E-state index is -4.36. The summed E-state index contributed by atoms with van der Waals surface area (Å²) in [5.41, 5.74) is -0.0216. The molecule has 2 aromatic rings. The topological polar surface area (TPSA) is 68.0 Å². The number of nitrogens with zero attached hydrogens (tertiary/aromatic N) is 2. The van der Waals surface area contributed by atoms with Crippen LogP contribution >= 0.6 is 0 Å². The molecular weight excluding hydrogens is 323 g/mol. The summed E-state index contributed by atoms with van der Waals surface area (Å²) in [5.74, 6) is -0.182. The minimum absolute atomic E-state index is 0.199. The molecule has 2 atom stereocenters. The number of amides is 1. The van der Waals surface area contributed by atoms with Crippen molar-refractivity contribution in [3.63, 3.8) is 0 Å². The van der Waals surface area contributed by atoms with Crippen molar-refractivity contribution in [3.05, 3.63) is 47.6 Å². The fourth-order valence-electron chi connectivity index (χ4n) is 2.30. The number of aromatic nitrogens is 2. The summed E-state index contributed by atoms with van der Waals surface area (Å²) in [4.78, 5) is 16.2. The van der Waals surface area contributed by atoms with Gasteiger partial charge in [-0.15, -0.1) is 0 Å². The highest BCUT2D eigenvalue weighted by Gasteiger charge is 2.30. The summed E-state index contributed by atoms with van der Waals surface area (Å²) in [5, 5.41) is 6.45. The van der Waals surface area contributed by atoms with Crippen molar-refractivity contribution in [1.82, 2.24) is 15.5 Å². The van der Waals surface area contributed by atoms with Crippen molar-refractivity contribution < 1.29 is 22.5 Å². The first-order valence-corrected chi connectivity index (χ1v) is 7.54. The molecule has 1 N–H and O–H groups in total. The lowest BCUT2D eigenvalue weighted by Gasteiger charge is -2.18. The number of nitrogens with one attached hydrogen (secondary N) is 1. The quantitative estimate of drug-likeness (QED) is 0.873. The zero-order valence-electron chi connectivity index (χ0n) is 13.3. The summed E-state index contributed by atoms with van der Waals surface area (Å²) < 4.78 is 42.3. The van der Waals surface area contributed by atoms with E-state index in [0.29, 0.717) is 24.2 Å². The number of hydrogen-bond donors (Lipinski definition) is 1. The molecule has 0 spiro atoms. The second-order valence-electron chi connectivity index (χ2n) is 5.52. The number of rotatable bonds is 6. The molecule has 2 rings (SSSR count). The molecule has 0 saturated carbocycles. The Labute approximate surface area is 137 Å². The standard InChI is InChI=1S/C16H18F3N3O2/c1-3-12(15(23)21-10(2)14-20-9-24-22-14)8-11-4-6-13(7-5-11)16(17,18)19/h4-7,9-10,12H,3,8H2,1-2H3,(H,21,23)/t10-,12+/m1/s1. The number of hydrogen-bond acceptors (Lipinski definition) is 4. The first-order chi connectivity index (χ1) is 11.3. The summed E-state index contributed by atoms with van der Waals surface area (Å²) in [7, 11) is 0. The predicted molar refractivity (Wildman–Crippen MR) is 79.8 cm³/mol. The van der Waals surface area contributed by atoms with E-state index in [1.165, 1.54) is 18.5 Å². The van der Waals surface area contributed by atoms with Gasteiger partial charge in [0, 0.05) is 5.92 Å². The van der Waals surface area contributed by atoms with Crippen LogP contribution in [-0.4, -0.2) is 16.0 Å². The molecule has 5 nitrogen and oxygen atoms in total. The number of carbonyl (C=O) groups is 1. The van der Waals surface area contributed by atoms with Crippen LogP contribution in [0.15, 0.2) is 35.2 Å². The molecule has 0 fully saturated rings. The zero-order valence-corrected chi connectivity index (χ0v) is 13.3. The average molecular weight is 341 g/mol. The van der Waals surface area contributed by atoms with Gasteiger partial charge >= 0.3 is 6.18 Å². The molecule has 0 radical (unpaired) electrons. The maximum Gasteiger partial charge on any atom is 0.416 e. The largest absolute Gasteiger partial charge is 0.416 e. The van der Waals surface area contributed by atoms with Crippen LogP contribution in [0.5, 0.6) is 0 Å². The smallest absolute Gasteiger partial charge is 0.346 e. The molecule has 8 heteroatoms. The van der Waals surface area contributed by atoms with E-state index in [1.54, 1.807) is 6.92 Å². The SMILES string of the molecule is CC[C@@H](Cc1ccc(C(F)(F)F)cc1)C(=O)N[C@H](C)c1ncon1. The van der Waals surface area contributed by atoms with Crippen molar-refractivity contribution in [1.29, 1.82) is 0 Å². The highest BCUT2D eigenvalue weighted by atomic mass is 19.4. The van der Waals surface area contributed by atoms with E-state index in [9.17, 15) is 18.0 Å². The van der Waals surface area contributed by atoms with Crippen LogP contribution in [0.1, 0.15) is 43.3 Å². The molecule has 0 saturated heterocycles. The van der Waals surface area contributed by atoms with E-state index >= 15 is 0 Å². The Morgan fingerprint density at radius 3 is 2.46 bits per heavy atom. The highest BCUT2D eigenvalue weighted by molar-refractivity contribution is 5.79. The van der Waals surface area contributed by atoms with E-state index in [0.717, 1.165) is 12.1 Å². The molecule has 1 amide bonds. The van der Waals surface area contributed by atoms with Crippen LogP contribution in [0.25, 0.3) is 0 Å². The molecule has 24 heavy (non-hydrogen) atoms. The lowest BCUT2D eigenvalue weighted by atomic mass is 9.95. The normalized spacial score (nSPS) is 14.2. The van der Waals surface area contributed by atoms with Gasteiger partial charge in [-0.05, 0) is 37.5 Å². The Hall–Kier alpha value is -2.38. The second kappa shape index (κ2) is 7.46. The van der Waals surface area contributed by atoms with E-state index in [-0.39, 0.29) is 11.8 Å².